The number of thioether (sulfide) groups is 2. The molecule has 1 heterocycles. The molecule has 0 atom stereocenters. The highest BCUT2D eigenvalue weighted by Gasteiger charge is 2.23. The number of anilines is 1. The van der Waals surface area contributed by atoms with Crippen LogP contribution < -0.4 is 10.9 Å². The third-order valence-corrected chi connectivity index (χ3v) is 6.83. The van der Waals surface area contributed by atoms with Gasteiger partial charge in [0.05, 0.1) is 16.7 Å². The summed E-state index contributed by atoms with van der Waals surface area (Å²) in [4.78, 5) is 31.5. The van der Waals surface area contributed by atoms with Crippen LogP contribution in [0.3, 0.4) is 0 Å². The Morgan fingerprint density at radius 2 is 1.97 bits per heavy atom. The van der Waals surface area contributed by atoms with Crippen molar-refractivity contribution in [2.24, 2.45) is 0 Å². The van der Waals surface area contributed by atoms with Gasteiger partial charge in [-0.15, -0.1) is 11.8 Å². The van der Waals surface area contributed by atoms with E-state index in [0.717, 1.165) is 36.3 Å². The Morgan fingerprint density at radius 3 is 2.76 bits per heavy atom. The first kappa shape index (κ1) is 20.0. The first-order valence-electron chi connectivity index (χ1n) is 9.73. The molecule has 150 valence electrons. The van der Waals surface area contributed by atoms with Crippen molar-refractivity contribution >= 4 is 46.0 Å². The topological polar surface area (TPSA) is 64.0 Å². The number of benzene rings is 2. The molecule has 1 N–H and O–H groups in total. The van der Waals surface area contributed by atoms with E-state index in [1.165, 1.54) is 11.8 Å². The fourth-order valence-electron chi connectivity index (χ4n) is 3.74. The number of rotatable bonds is 6. The standard InChI is InChI=1S/C22H23N3O2S2/c1-28-17-10-6-7-15(13-17)23-20(26)14-29-22-24-19-12-5-4-11-18(19)21(27)25(22)16-8-2-3-9-16/h4-7,10-13,16H,2-3,8-9,14H2,1H3,(H,23,26). The Kier molecular flexibility index (Phi) is 6.25. The van der Waals surface area contributed by atoms with Crippen molar-refractivity contribution in [3.05, 3.63) is 58.9 Å². The zero-order chi connectivity index (χ0) is 20.2. The van der Waals surface area contributed by atoms with E-state index < -0.39 is 0 Å². The fraction of sp³-hybridized carbons (Fsp3) is 0.318. The zero-order valence-corrected chi connectivity index (χ0v) is 17.9. The van der Waals surface area contributed by atoms with Gasteiger partial charge in [-0.1, -0.05) is 42.8 Å². The van der Waals surface area contributed by atoms with Gasteiger partial charge in [-0.3, -0.25) is 14.2 Å². The maximum absolute atomic E-state index is 13.1. The summed E-state index contributed by atoms with van der Waals surface area (Å²) in [5.74, 6) is 0.106. The van der Waals surface area contributed by atoms with Crippen LogP contribution in [0.2, 0.25) is 0 Å². The molecule has 0 saturated heterocycles. The molecule has 0 aliphatic heterocycles. The maximum Gasteiger partial charge on any atom is 0.262 e. The van der Waals surface area contributed by atoms with E-state index in [2.05, 4.69) is 5.32 Å². The smallest absolute Gasteiger partial charge is 0.262 e. The van der Waals surface area contributed by atoms with Crippen molar-refractivity contribution in [1.82, 2.24) is 9.55 Å². The van der Waals surface area contributed by atoms with Crippen molar-refractivity contribution in [3.63, 3.8) is 0 Å². The van der Waals surface area contributed by atoms with Gasteiger partial charge in [-0.25, -0.2) is 4.98 Å². The molecule has 1 saturated carbocycles. The molecule has 29 heavy (non-hydrogen) atoms. The molecule has 4 rings (SSSR count). The lowest BCUT2D eigenvalue weighted by Gasteiger charge is -2.18. The van der Waals surface area contributed by atoms with Crippen molar-refractivity contribution in [2.45, 2.75) is 41.8 Å². The molecule has 0 radical (unpaired) electrons. The number of nitrogens with zero attached hydrogens (tertiary/aromatic N) is 2. The molecular weight excluding hydrogens is 402 g/mol. The van der Waals surface area contributed by atoms with Gasteiger partial charge in [-0.05, 0) is 49.4 Å². The molecular formula is C22H23N3O2S2. The Morgan fingerprint density at radius 1 is 1.17 bits per heavy atom. The summed E-state index contributed by atoms with van der Waals surface area (Å²) in [5.41, 5.74) is 1.46. The van der Waals surface area contributed by atoms with Crippen molar-refractivity contribution in [1.29, 1.82) is 0 Å². The van der Waals surface area contributed by atoms with Gasteiger partial charge < -0.3 is 5.32 Å². The number of carbonyl (C=O) groups excluding carboxylic acids is 1. The Hall–Kier alpha value is -2.25. The summed E-state index contributed by atoms with van der Waals surface area (Å²) in [6, 6.07) is 15.4. The summed E-state index contributed by atoms with van der Waals surface area (Å²) in [6.07, 6.45) is 6.23. The first-order chi connectivity index (χ1) is 14.2. The van der Waals surface area contributed by atoms with Crippen LogP contribution in [0.1, 0.15) is 31.7 Å². The van der Waals surface area contributed by atoms with Crippen LogP contribution in [-0.4, -0.2) is 27.5 Å². The lowest BCUT2D eigenvalue weighted by Crippen LogP contribution is -2.27. The fourth-order valence-corrected chi connectivity index (χ4v) is 5.07. The van der Waals surface area contributed by atoms with E-state index in [1.807, 2.05) is 59.4 Å². The van der Waals surface area contributed by atoms with Crippen LogP contribution in [0.25, 0.3) is 10.9 Å². The van der Waals surface area contributed by atoms with Crippen LogP contribution >= 0.6 is 23.5 Å². The largest absolute Gasteiger partial charge is 0.325 e. The number of aromatic nitrogens is 2. The van der Waals surface area contributed by atoms with Crippen LogP contribution in [-0.2, 0) is 4.79 Å². The number of hydrogen-bond acceptors (Lipinski definition) is 5. The minimum atomic E-state index is -0.103. The molecule has 3 aromatic rings. The van der Waals surface area contributed by atoms with Crippen LogP contribution in [0, 0.1) is 0 Å². The van der Waals surface area contributed by atoms with Crippen molar-refractivity contribution in [3.8, 4) is 0 Å². The van der Waals surface area contributed by atoms with E-state index in [9.17, 15) is 9.59 Å². The molecule has 0 unspecified atom stereocenters. The van der Waals surface area contributed by atoms with E-state index in [0.29, 0.717) is 16.1 Å². The third-order valence-electron chi connectivity index (χ3n) is 5.15. The molecule has 0 bridgehead atoms. The van der Waals surface area contributed by atoms with Gasteiger partial charge in [0, 0.05) is 16.6 Å². The normalized spacial score (nSPS) is 14.4. The molecule has 1 amide bonds. The van der Waals surface area contributed by atoms with E-state index in [1.54, 1.807) is 11.8 Å². The van der Waals surface area contributed by atoms with Crippen LogP contribution in [0.15, 0.2) is 63.4 Å². The first-order valence-corrected chi connectivity index (χ1v) is 11.9. The van der Waals surface area contributed by atoms with Gasteiger partial charge in [-0.2, -0.15) is 0 Å². The molecule has 2 aromatic carbocycles. The SMILES string of the molecule is CSc1cccc(NC(=O)CSc2nc3ccccc3c(=O)n2C2CCCC2)c1. The van der Waals surface area contributed by atoms with E-state index >= 15 is 0 Å². The Labute approximate surface area is 178 Å². The number of carbonyl (C=O) groups is 1. The summed E-state index contributed by atoms with van der Waals surface area (Å²) >= 11 is 2.97. The maximum atomic E-state index is 13.1. The Balaban J connectivity index is 1.57. The highest BCUT2D eigenvalue weighted by molar-refractivity contribution is 7.99. The molecule has 5 nitrogen and oxygen atoms in total. The molecule has 1 aromatic heterocycles. The second kappa shape index (κ2) is 9.05. The van der Waals surface area contributed by atoms with Crippen molar-refractivity contribution in [2.75, 3.05) is 17.3 Å². The quantitative estimate of drug-likeness (QED) is 0.446. The number of nitrogens with one attached hydrogen (secondary N) is 1. The minimum Gasteiger partial charge on any atom is -0.325 e. The minimum absolute atomic E-state index is 0.00178. The molecule has 1 aliphatic carbocycles. The van der Waals surface area contributed by atoms with Gasteiger partial charge in [0.25, 0.3) is 5.56 Å². The Bertz CT molecular complexity index is 1090. The number of hydrogen-bond donors (Lipinski definition) is 1. The van der Waals surface area contributed by atoms with E-state index in [-0.39, 0.29) is 23.3 Å². The van der Waals surface area contributed by atoms with Gasteiger partial charge in [0.1, 0.15) is 0 Å². The summed E-state index contributed by atoms with van der Waals surface area (Å²) in [5, 5.41) is 4.21. The molecule has 1 aliphatic rings. The summed E-state index contributed by atoms with van der Waals surface area (Å²) in [6.45, 7) is 0. The highest BCUT2D eigenvalue weighted by Crippen LogP contribution is 2.32. The van der Waals surface area contributed by atoms with Gasteiger partial charge in [0.15, 0.2) is 5.16 Å². The van der Waals surface area contributed by atoms with Crippen LogP contribution in [0.5, 0.6) is 0 Å². The average molecular weight is 426 g/mol. The monoisotopic (exact) mass is 425 g/mol. The third kappa shape index (κ3) is 4.51. The van der Waals surface area contributed by atoms with Crippen LogP contribution in [0.4, 0.5) is 5.69 Å². The summed E-state index contributed by atoms with van der Waals surface area (Å²) < 4.78 is 1.82. The predicted molar refractivity (Wildman–Crippen MR) is 121 cm³/mol. The number of para-hydroxylation sites is 1. The lowest BCUT2D eigenvalue weighted by molar-refractivity contribution is -0.113. The average Bonchev–Trinajstić information content (AvgIpc) is 3.27. The number of fused-ring (bicyclic) bond motifs is 1. The second-order valence-electron chi connectivity index (χ2n) is 7.09. The molecule has 0 spiro atoms. The second-order valence-corrected chi connectivity index (χ2v) is 8.92. The molecule has 7 heteroatoms. The van der Waals surface area contributed by atoms with E-state index in [4.69, 9.17) is 4.98 Å². The van der Waals surface area contributed by atoms with Gasteiger partial charge in [0.2, 0.25) is 5.91 Å². The summed E-state index contributed by atoms with van der Waals surface area (Å²) in [7, 11) is 0. The van der Waals surface area contributed by atoms with Crippen molar-refractivity contribution < 1.29 is 4.79 Å². The zero-order valence-electron chi connectivity index (χ0n) is 16.3. The lowest BCUT2D eigenvalue weighted by atomic mass is 10.2. The highest BCUT2D eigenvalue weighted by atomic mass is 32.2. The molecule has 1 fully saturated rings. The number of amides is 1. The predicted octanol–water partition coefficient (Wildman–Crippen LogP) is 4.96. The van der Waals surface area contributed by atoms with Gasteiger partial charge >= 0.3 is 0 Å².